The third-order valence-corrected chi connectivity index (χ3v) is 1.69. The minimum absolute atomic E-state index is 1.15. The average molecular weight is 180 g/mol. The Morgan fingerprint density at radius 1 is 0.583 bits per heavy atom. The van der Waals surface area contributed by atoms with Gasteiger partial charge in [0.05, 0.1) is 12.2 Å². The first kappa shape index (κ1) is 11.8. The van der Waals surface area contributed by atoms with E-state index in [9.17, 15) is 0 Å². The highest BCUT2D eigenvalue weighted by atomic mass is 16.4. The van der Waals surface area contributed by atoms with Crippen LogP contribution in [0, 0.1) is 0 Å². The van der Waals surface area contributed by atoms with Crippen LogP contribution in [0.25, 0.3) is 0 Å². The van der Waals surface area contributed by atoms with Gasteiger partial charge in [-0.3, -0.25) is 0 Å². The molecule has 5 heteroatoms. The van der Waals surface area contributed by atoms with Crippen LogP contribution in [0.1, 0.15) is 13.8 Å². The van der Waals surface area contributed by atoms with Crippen LogP contribution in [0.3, 0.4) is 0 Å². The molecule has 4 atom stereocenters. The van der Waals surface area contributed by atoms with E-state index in [0.717, 1.165) is 0 Å². The fourth-order valence-corrected chi connectivity index (χ4v) is 0.773. The molecule has 0 radical (unpaired) electrons. The van der Waals surface area contributed by atoms with Gasteiger partial charge in [-0.15, -0.1) is 0 Å². The van der Waals surface area contributed by atoms with E-state index in [4.69, 9.17) is 25.5 Å². The van der Waals surface area contributed by atoms with Crippen LogP contribution in [-0.2, 0) is 0 Å². The van der Waals surface area contributed by atoms with E-state index in [0.29, 0.717) is 0 Å². The molecule has 0 aliphatic rings. The van der Waals surface area contributed by atoms with Gasteiger partial charge in [0.15, 0.2) is 0 Å². The van der Waals surface area contributed by atoms with Crippen LogP contribution in [0.15, 0.2) is 0 Å². The van der Waals surface area contributed by atoms with Gasteiger partial charge in [0.25, 0.3) is 0 Å². The van der Waals surface area contributed by atoms with Gasteiger partial charge in [-0.05, 0) is 13.8 Å². The Morgan fingerprint density at radius 3 is 1.00 bits per heavy atom. The first-order chi connectivity index (χ1) is 5.37. The summed E-state index contributed by atoms with van der Waals surface area (Å²) in [6.45, 7) is 2.56. The third kappa shape index (κ3) is 3.04. The van der Waals surface area contributed by atoms with Crippen molar-refractivity contribution in [2.45, 2.75) is 44.4 Å². The van der Waals surface area contributed by atoms with Crippen molar-refractivity contribution in [3.8, 4) is 0 Å². The van der Waals surface area contributed by atoms with E-state index in [1.807, 2.05) is 0 Å². The summed E-state index contributed by atoms with van der Waals surface area (Å²) in [6, 6.07) is 0. The van der Waals surface area contributed by atoms with Crippen molar-refractivity contribution in [3.05, 3.63) is 0 Å². The fourth-order valence-electron chi connectivity index (χ4n) is 0.773. The molecule has 0 aliphatic heterocycles. The van der Waals surface area contributed by atoms with Crippen molar-refractivity contribution >= 4 is 0 Å². The zero-order valence-electron chi connectivity index (χ0n) is 7.12. The monoisotopic (exact) mass is 180 g/mol. The minimum atomic E-state index is -1.54. The first-order valence-corrected chi connectivity index (χ1v) is 3.78. The largest absolute Gasteiger partial charge is 0.391 e. The molecule has 0 saturated carbocycles. The SMILES string of the molecule is CC(O)C(O)C(O)C(O)C(C)O. The maximum Gasteiger partial charge on any atom is 0.111 e. The second-order valence-electron chi connectivity index (χ2n) is 2.95. The Labute approximate surface area is 70.9 Å². The molecule has 0 rings (SSSR count). The van der Waals surface area contributed by atoms with Crippen LogP contribution in [0.5, 0.6) is 0 Å². The van der Waals surface area contributed by atoms with Crippen molar-refractivity contribution in [3.63, 3.8) is 0 Å². The lowest BCUT2D eigenvalue weighted by Gasteiger charge is -2.26. The van der Waals surface area contributed by atoms with Crippen molar-refractivity contribution < 1.29 is 25.5 Å². The van der Waals surface area contributed by atoms with Gasteiger partial charge in [-0.25, -0.2) is 0 Å². The first-order valence-electron chi connectivity index (χ1n) is 3.78. The number of hydrogen-bond acceptors (Lipinski definition) is 5. The van der Waals surface area contributed by atoms with Crippen molar-refractivity contribution in [1.29, 1.82) is 0 Å². The van der Waals surface area contributed by atoms with E-state index < -0.39 is 30.5 Å². The predicted molar refractivity (Wildman–Crippen MR) is 41.4 cm³/mol. The lowest BCUT2D eigenvalue weighted by molar-refractivity contribution is -0.127. The predicted octanol–water partition coefficient (Wildman–Crippen LogP) is -2.17. The molecule has 0 bridgehead atoms. The highest BCUT2D eigenvalue weighted by Crippen LogP contribution is 2.07. The Hall–Kier alpha value is -0.200. The second kappa shape index (κ2) is 4.74. The topological polar surface area (TPSA) is 101 Å². The highest BCUT2D eigenvalue weighted by Gasteiger charge is 2.30. The van der Waals surface area contributed by atoms with Crippen LogP contribution >= 0.6 is 0 Å². The molecule has 12 heavy (non-hydrogen) atoms. The van der Waals surface area contributed by atoms with Gasteiger partial charge < -0.3 is 25.5 Å². The second-order valence-corrected chi connectivity index (χ2v) is 2.95. The van der Waals surface area contributed by atoms with Crippen LogP contribution in [0.4, 0.5) is 0 Å². The van der Waals surface area contributed by atoms with E-state index in [1.165, 1.54) is 13.8 Å². The number of hydrogen-bond donors (Lipinski definition) is 5. The van der Waals surface area contributed by atoms with Crippen molar-refractivity contribution in [2.24, 2.45) is 0 Å². The molecule has 0 aromatic rings. The number of aliphatic hydroxyl groups excluding tert-OH is 5. The summed E-state index contributed by atoms with van der Waals surface area (Å²) < 4.78 is 0. The van der Waals surface area contributed by atoms with Crippen molar-refractivity contribution in [1.82, 2.24) is 0 Å². The molecule has 0 aromatic heterocycles. The summed E-state index contributed by atoms with van der Waals surface area (Å²) in [5, 5.41) is 44.8. The summed E-state index contributed by atoms with van der Waals surface area (Å²) in [5.74, 6) is 0. The van der Waals surface area contributed by atoms with Crippen LogP contribution in [0.2, 0.25) is 0 Å². The summed E-state index contributed by atoms with van der Waals surface area (Å²) in [7, 11) is 0. The minimum Gasteiger partial charge on any atom is -0.391 e. The summed E-state index contributed by atoms with van der Waals surface area (Å²) in [5.41, 5.74) is 0. The zero-order chi connectivity index (χ0) is 9.89. The quantitative estimate of drug-likeness (QED) is 0.339. The summed E-state index contributed by atoms with van der Waals surface area (Å²) in [6.07, 6.45) is -6.73. The molecule has 0 spiro atoms. The smallest absolute Gasteiger partial charge is 0.111 e. The normalized spacial score (nSPS) is 24.2. The zero-order valence-corrected chi connectivity index (χ0v) is 7.12. The molecule has 5 N–H and O–H groups in total. The van der Waals surface area contributed by atoms with E-state index in [2.05, 4.69) is 0 Å². The van der Waals surface area contributed by atoms with E-state index in [1.54, 1.807) is 0 Å². The van der Waals surface area contributed by atoms with Crippen molar-refractivity contribution in [2.75, 3.05) is 0 Å². The molecular formula is C7H16O5. The molecular weight excluding hydrogens is 164 g/mol. The van der Waals surface area contributed by atoms with Gasteiger partial charge in [0.1, 0.15) is 18.3 Å². The Morgan fingerprint density at radius 2 is 0.833 bits per heavy atom. The van der Waals surface area contributed by atoms with Gasteiger partial charge in [0, 0.05) is 0 Å². The van der Waals surface area contributed by atoms with Gasteiger partial charge in [-0.2, -0.15) is 0 Å². The molecule has 74 valence electrons. The lowest BCUT2D eigenvalue weighted by atomic mass is 10.0. The Kier molecular flexibility index (Phi) is 4.66. The lowest BCUT2D eigenvalue weighted by Crippen LogP contribution is -2.47. The van der Waals surface area contributed by atoms with Gasteiger partial charge in [-0.1, -0.05) is 0 Å². The number of aliphatic hydroxyl groups is 5. The third-order valence-electron chi connectivity index (χ3n) is 1.69. The molecule has 5 nitrogen and oxygen atoms in total. The van der Waals surface area contributed by atoms with E-state index in [-0.39, 0.29) is 0 Å². The highest BCUT2D eigenvalue weighted by molar-refractivity contribution is 4.81. The Bertz CT molecular complexity index is 111. The molecule has 0 amide bonds. The Balaban J connectivity index is 4.08. The summed E-state index contributed by atoms with van der Waals surface area (Å²) >= 11 is 0. The standard InChI is InChI=1S/C7H16O5/c1-3(8)5(10)7(12)6(11)4(2)9/h3-12H,1-2H3. The average Bonchev–Trinajstić information content (AvgIpc) is 2.00. The van der Waals surface area contributed by atoms with Gasteiger partial charge >= 0.3 is 0 Å². The molecule has 0 saturated heterocycles. The molecule has 0 fully saturated rings. The van der Waals surface area contributed by atoms with Crippen LogP contribution in [-0.4, -0.2) is 56.1 Å². The molecule has 0 aliphatic carbocycles. The van der Waals surface area contributed by atoms with E-state index >= 15 is 0 Å². The maximum atomic E-state index is 9.11. The maximum absolute atomic E-state index is 9.11. The summed E-state index contributed by atoms with van der Waals surface area (Å²) in [4.78, 5) is 0. The molecule has 0 aromatic carbocycles. The van der Waals surface area contributed by atoms with Crippen LogP contribution < -0.4 is 0 Å². The number of rotatable bonds is 4. The molecule has 0 heterocycles. The molecule has 4 unspecified atom stereocenters. The van der Waals surface area contributed by atoms with Gasteiger partial charge in [0.2, 0.25) is 0 Å². The fraction of sp³-hybridized carbons (Fsp3) is 1.00.